The number of hydrogen-bond acceptors (Lipinski definition) is 22. The van der Waals surface area contributed by atoms with Crippen molar-refractivity contribution in [2.75, 3.05) is 38.3 Å². The number of carboxylic acid groups (broad SMARTS) is 2. The van der Waals surface area contributed by atoms with Crippen molar-refractivity contribution in [2.45, 2.75) is 164 Å². The standard InChI is InChI=1S/C58H88N14O21S/c1-29(63-49(83)35(60)24-33-13-15-34(77)16-14-33)48(82)62-26-44(79)64-40(25-32-10-6-5-7-11-32)54(88)68-39(21-23-94-4)53(87)71-46(30(2)75)57(91)70-42(28-74)56(90)67-38(18-20-45(80)81)51(85)65-36(12-8-9-22-59)50(84)69-41(27-73)55(89)66-37(17-19-43(61)78)52(86)72-47(31(3)76)58(92)93/h5-7,10-11,13-16,29-31,35-42,46-47,73-77H,8-9,12,17-28,59-60H2,1-4H3,(H2,61,78)(H,62,82)(H,63,83)(H,64,79)(H,65,85)(H,66,89)(H,67,90)(H,68,88)(H,69,84)(H,70,91)(H,71,87)(H,72,86)(H,80,81)(H,92,93)/t29-,30-,31-,35+,36+,37+,38+,39+,40+,41+,42+,46+,47+/m1/s1. The number of carbonyl (C=O) groups is 14. The molecule has 94 heavy (non-hydrogen) atoms. The summed E-state index contributed by atoms with van der Waals surface area (Å²) < 4.78 is 0. The zero-order valence-electron chi connectivity index (χ0n) is 52.3. The molecule has 522 valence electrons. The number of phenolic OH excluding ortho intramolecular Hbond substituents is 1. The van der Waals surface area contributed by atoms with Crippen LogP contribution in [-0.2, 0) is 80.0 Å². The molecule has 0 spiro atoms. The summed E-state index contributed by atoms with van der Waals surface area (Å²) in [4.78, 5) is 184. The molecule has 24 N–H and O–H groups in total. The minimum atomic E-state index is -2.00. The molecule has 0 fully saturated rings. The Morgan fingerprint density at radius 1 is 0.489 bits per heavy atom. The summed E-state index contributed by atoms with van der Waals surface area (Å²) >= 11 is 1.26. The van der Waals surface area contributed by atoms with Crippen molar-refractivity contribution in [2.24, 2.45) is 17.2 Å². The van der Waals surface area contributed by atoms with Crippen LogP contribution in [0.3, 0.4) is 0 Å². The number of aliphatic hydroxyl groups excluding tert-OH is 4. The Morgan fingerprint density at radius 2 is 0.936 bits per heavy atom. The van der Waals surface area contributed by atoms with E-state index in [0.717, 1.165) is 13.8 Å². The second-order valence-corrected chi connectivity index (χ2v) is 22.7. The highest BCUT2D eigenvalue weighted by molar-refractivity contribution is 7.98. The maximum atomic E-state index is 14.1. The average molecular weight is 1350 g/mol. The van der Waals surface area contributed by atoms with Crippen molar-refractivity contribution in [3.05, 3.63) is 65.7 Å². The molecule has 0 aromatic heterocycles. The lowest BCUT2D eigenvalue weighted by Gasteiger charge is -2.28. The van der Waals surface area contributed by atoms with E-state index in [1.165, 1.54) is 30.8 Å². The number of carboxylic acids is 2. The smallest absolute Gasteiger partial charge is 0.328 e. The average Bonchev–Trinajstić information content (AvgIpc) is 0.901. The van der Waals surface area contributed by atoms with Gasteiger partial charge in [-0.25, -0.2) is 4.79 Å². The number of primary amides is 1. The molecule has 2 aromatic rings. The molecule has 2 aromatic carbocycles. The predicted octanol–water partition coefficient (Wildman–Crippen LogP) is -7.67. The van der Waals surface area contributed by atoms with Crippen molar-refractivity contribution in [3.8, 4) is 5.75 Å². The van der Waals surface area contributed by atoms with Crippen LogP contribution in [0.1, 0.15) is 83.3 Å². The molecule has 0 aliphatic carbocycles. The van der Waals surface area contributed by atoms with Gasteiger partial charge < -0.3 is 111 Å². The van der Waals surface area contributed by atoms with Crippen molar-refractivity contribution in [1.82, 2.24) is 58.5 Å². The van der Waals surface area contributed by atoms with Crippen LogP contribution in [0, 0.1) is 0 Å². The molecule has 0 aliphatic rings. The number of aliphatic carboxylic acids is 2. The summed E-state index contributed by atoms with van der Waals surface area (Å²) in [5.74, 6) is -15.6. The highest BCUT2D eigenvalue weighted by Crippen LogP contribution is 2.13. The molecule has 2 rings (SSSR count). The summed E-state index contributed by atoms with van der Waals surface area (Å²) in [6, 6.07) is -3.78. The number of unbranched alkanes of at least 4 members (excludes halogenated alkanes) is 1. The third-order valence-corrected chi connectivity index (χ3v) is 14.6. The molecule has 35 nitrogen and oxygen atoms in total. The van der Waals surface area contributed by atoms with E-state index in [4.69, 9.17) is 17.2 Å². The van der Waals surface area contributed by atoms with Gasteiger partial charge in [0.15, 0.2) is 6.04 Å². The van der Waals surface area contributed by atoms with Crippen molar-refractivity contribution in [1.29, 1.82) is 0 Å². The van der Waals surface area contributed by atoms with E-state index in [1.807, 2.05) is 5.32 Å². The lowest BCUT2D eigenvalue weighted by Crippen LogP contribution is -2.62. The molecular formula is C58H88N14O21S. The Balaban J connectivity index is 2.30. The summed E-state index contributed by atoms with van der Waals surface area (Å²) in [6.45, 7) is 0.500. The van der Waals surface area contributed by atoms with Gasteiger partial charge in [-0.1, -0.05) is 42.5 Å². The number of amides is 12. The predicted molar refractivity (Wildman–Crippen MR) is 334 cm³/mol. The molecule has 0 saturated heterocycles. The van der Waals surface area contributed by atoms with Gasteiger partial charge in [-0.05, 0) is 108 Å². The third-order valence-electron chi connectivity index (χ3n) is 14.0. The molecule has 0 saturated carbocycles. The van der Waals surface area contributed by atoms with E-state index >= 15 is 0 Å². The number of rotatable bonds is 44. The Bertz CT molecular complexity index is 2890. The van der Waals surface area contributed by atoms with E-state index in [2.05, 4.69) is 53.2 Å². The highest BCUT2D eigenvalue weighted by atomic mass is 32.2. The van der Waals surface area contributed by atoms with Gasteiger partial charge in [0, 0.05) is 19.3 Å². The largest absolute Gasteiger partial charge is 0.508 e. The third kappa shape index (κ3) is 29.7. The Kier molecular flexibility index (Phi) is 36.4. The quantitative estimate of drug-likeness (QED) is 0.0274. The number of hydrogen-bond donors (Lipinski definition) is 21. The van der Waals surface area contributed by atoms with Gasteiger partial charge in [-0.15, -0.1) is 0 Å². The van der Waals surface area contributed by atoms with Gasteiger partial charge >= 0.3 is 11.9 Å². The minimum Gasteiger partial charge on any atom is -0.508 e. The second-order valence-electron chi connectivity index (χ2n) is 21.8. The molecule has 0 bridgehead atoms. The fourth-order valence-electron chi connectivity index (χ4n) is 8.66. The van der Waals surface area contributed by atoms with Gasteiger partial charge in [0.25, 0.3) is 0 Å². The fraction of sp³-hybridized carbons (Fsp3) is 0.552. The topological polar surface area (TPSA) is 591 Å². The molecule has 0 unspecified atom stereocenters. The minimum absolute atomic E-state index is 0.0136. The fourth-order valence-corrected chi connectivity index (χ4v) is 9.13. The van der Waals surface area contributed by atoms with E-state index in [1.54, 1.807) is 48.7 Å². The van der Waals surface area contributed by atoms with Crippen molar-refractivity contribution >= 4 is 94.6 Å². The van der Waals surface area contributed by atoms with Crippen LogP contribution in [0.2, 0.25) is 0 Å². The van der Waals surface area contributed by atoms with Gasteiger partial charge in [-0.2, -0.15) is 11.8 Å². The van der Waals surface area contributed by atoms with E-state index < -0.39 is 207 Å². The van der Waals surface area contributed by atoms with E-state index in [0.29, 0.717) is 11.1 Å². The molecule has 0 aliphatic heterocycles. The number of nitrogens with one attached hydrogen (secondary N) is 11. The van der Waals surface area contributed by atoms with Gasteiger partial charge in [0.2, 0.25) is 70.9 Å². The highest BCUT2D eigenvalue weighted by Gasteiger charge is 2.37. The van der Waals surface area contributed by atoms with Gasteiger partial charge in [-0.3, -0.25) is 62.3 Å². The number of aromatic hydroxyl groups is 1. The maximum Gasteiger partial charge on any atom is 0.328 e. The summed E-state index contributed by atoms with van der Waals surface area (Å²) in [7, 11) is 0. The first kappa shape index (κ1) is 81.0. The van der Waals surface area contributed by atoms with Crippen molar-refractivity contribution in [3.63, 3.8) is 0 Å². The normalized spacial score (nSPS) is 15.2. The van der Waals surface area contributed by atoms with Gasteiger partial charge in [0.1, 0.15) is 60.1 Å². The van der Waals surface area contributed by atoms with Crippen LogP contribution >= 0.6 is 11.8 Å². The number of aliphatic hydroxyl groups is 4. The zero-order valence-corrected chi connectivity index (χ0v) is 53.1. The van der Waals surface area contributed by atoms with Crippen LogP contribution in [0.4, 0.5) is 0 Å². The monoisotopic (exact) mass is 1350 g/mol. The van der Waals surface area contributed by atoms with Crippen LogP contribution in [-0.4, -0.2) is 236 Å². The van der Waals surface area contributed by atoms with Crippen LogP contribution in [0.15, 0.2) is 54.6 Å². The number of phenols is 1. The number of benzene rings is 2. The van der Waals surface area contributed by atoms with E-state index in [9.17, 15) is 103 Å². The lowest BCUT2D eigenvalue weighted by atomic mass is 10.0. The van der Waals surface area contributed by atoms with Crippen molar-refractivity contribution < 1.29 is 103 Å². The maximum absolute atomic E-state index is 14.1. The second kappa shape index (κ2) is 42.2. The molecule has 36 heteroatoms. The molecular weight excluding hydrogens is 1260 g/mol. The Labute approximate surface area is 544 Å². The zero-order chi connectivity index (χ0) is 70.8. The van der Waals surface area contributed by atoms with Crippen LogP contribution in [0.5, 0.6) is 5.75 Å². The van der Waals surface area contributed by atoms with E-state index in [-0.39, 0.29) is 56.6 Å². The first-order valence-electron chi connectivity index (χ1n) is 29.7. The number of carbonyl (C=O) groups excluding carboxylic acids is 12. The Hall–Kier alpha value is -9.07. The Morgan fingerprint density at radius 3 is 1.41 bits per heavy atom. The number of thioether (sulfide) groups is 1. The summed E-state index contributed by atoms with van der Waals surface area (Å²) in [5.41, 5.74) is 18.1. The molecule has 0 heterocycles. The van der Waals surface area contributed by atoms with Crippen LogP contribution < -0.4 is 75.7 Å². The van der Waals surface area contributed by atoms with Crippen LogP contribution in [0.25, 0.3) is 0 Å². The SMILES string of the molecule is CSCC[C@H](NC(=O)[C@H](Cc1ccccc1)NC(=O)CNC(=O)[C@@H](C)NC(=O)[C@@H](N)Cc1ccc(O)cc1)C(=O)N[C@H](C(=O)N[C@@H](CO)C(=O)N[C@@H](CCC(=O)O)C(=O)N[C@@H](CCCCN)C(=O)N[C@@H](CO)C(=O)N[C@@H](CCC(N)=O)C(=O)N[C@H](C(=O)O)[C@@H](C)O)[C@@H](C)O. The number of nitrogens with two attached hydrogens (primary N) is 3. The first-order valence-corrected chi connectivity index (χ1v) is 31.1. The molecule has 12 amide bonds. The first-order chi connectivity index (χ1) is 44.3. The summed E-state index contributed by atoms with van der Waals surface area (Å²) in [5, 5.41) is 95.0. The lowest BCUT2D eigenvalue weighted by molar-refractivity contribution is -0.145. The van der Waals surface area contributed by atoms with Gasteiger partial charge in [0.05, 0.1) is 38.0 Å². The molecule has 0 radical (unpaired) electrons. The molecule has 13 atom stereocenters. The summed E-state index contributed by atoms with van der Waals surface area (Å²) in [6.07, 6.45) is -4.27.